The lowest BCUT2D eigenvalue weighted by Gasteiger charge is -2.40. The molecule has 164 valence electrons. The summed E-state index contributed by atoms with van der Waals surface area (Å²) in [6.45, 7) is 5.16. The average Bonchev–Trinajstić information content (AvgIpc) is 2.75. The summed E-state index contributed by atoms with van der Waals surface area (Å²) in [5.74, 6) is 0.0380. The molecule has 2 aromatic heterocycles. The monoisotopic (exact) mass is 448 g/mol. The molecule has 6 nitrogen and oxygen atoms in total. The summed E-state index contributed by atoms with van der Waals surface area (Å²) in [7, 11) is 0. The molecule has 1 N–H and O–H groups in total. The Labute approximate surface area is 192 Å². The number of rotatable bonds is 7. The van der Waals surface area contributed by atoms with Crippen LogP contribution in [0.25, 0.3) is 0 Å². The number of hydrogen-bond acceptors (Lipinski definition) is 5. The van der Waals surface area contributed by atoms with Gasteiger partial charge in [-0.15, -0.1) is 0 Å². The van der Waals surface area contributed by atoms with E-state index in [0.29, 0.717) is 29.2 Å². The van der Waals surface area contributed by atoms with E-state index in [-0.39, 0.29) is 24.2 Å². The molecule has 3 heterocycles. The van der Waals surface area contributed by atoms with Gasteiger partial charge in [-0.1, -0.05) is 18.5 Å². The van der Waals surface area contributed by atoms with Crippen molar-refractivity contribution in [3.05, 3.63) is 88.0 Å². The Balaban J connectivity index is 1.35. The van der Waals surface area contributed by atoms with Crippen molar-refractivity contribution < 1.29 is 9.59 Å². The number of aromatic nitrogens is 2. The number of likely N-dealkylation sites (tertiary alicyclic amines) is 1. The van der Waals surface area contributed by atoms with Crippen molar-refractivity contribution in [3.63, 3.8) is 0 Å². The molecule has 1 saturated heterocycles. The van der Waals surface area contributed by atoms with Crippen LogP contribution < -0.4 is 5.32 Å². The van der Waals surface area contributed by atoms with Crippen LogP contribution in [0.3, 0.4) is 0 Å². The molecule has 1 aromatic carbocycles. The lowest BCUT2D eigenvalue weighted by molar-refractivity contribution is 0.0624. The summed E-state index contributed by atoms with van der Waals surface area (Å²) in [5.41, 5.74) is 4.92. The van der Waals surface area contributed by atoms with Crippen LogP contribution >= 0.6 is 11.6 Å². The van der Waals surface area contributed by atoms with Gasteiger partial charge in [0.2, 0.25) is 0 Å². The SMILES string of the molecule is CCc1cc(Cl)ccc1C(=O)Cc1cncc(NC2CN(C(=O)c3cncc(C)c3)C2)c1. The molecule has 0 radical (unpaired) electrons. The molecule has 3 aromatic rings. The van der Waals surface area contributed by atoms with E-state index in [1.807, 2.05) is 32.0 Å². The van der Waals surface area contributed by atoms with Crippen LogP contribution in [-0.4, -0.2) is 45.7 Å². The fourth-order valence-electron chi connectivity index (χ4n) is 3.90. The summed E-state index contributed by atoms with van der Waals surface area (Å²) in [6, 6.07) is 9.34. The second kappa shape index (κ2) is 9.49. The smallest absolute Gasteiger partial charge is 0.255 e. The third-order valence-electron chi connectivity index (χ3n) is 5.57. The molecule has 0 saturated carbocycles. The summed E-state index contributed by atoms with van der Waals surface area (Å²) in [6.07, 6.45) is 7.81. The topological polar surface area (TPSA) is 75.2 Å². The maximum absolute atomic E-state index is 12.8. The number of Topliss-reactive ketones (excluding diaryl/α,β-unsaturated/α-hetero) is 1. The summed E-state index contributed by atoms with van der Waals surface area (Å²) < 4.78 is 0. The first-order valence-corrected chi connectivity index (χ1v) is 11.0. The second-order valence-electron chi connectivity index (χ2n) is 8.14. The minimum atomic E-state index is -0.00795. The van der Waals surface area contributed by atoms with Crippen LogP contribution in [-0.2, 0) is 12.8 Å². The molecule has 1 aliphatic rings. The summed E-state index contributed by atoms with van der Waals surface area (Å²) in [4.78, 5) is 35.6. The lowest BCUT2D eigenvalue weighted by atomic mass is 9.97. The highest BCUT2D eigenvalue weighted by molar-refractivity contribution is 6.30. The minimum Gasteiger partial charge on any atom is -0.377 e. The van der Waals surface area contributed by atoms with Gasteiger partial charge in [-0.2, -0.15) is 0 Å². The Morgan fingerprint density at radius 1 is 1.09 bits per heavy atom. The van der Waals surface area contributed by atoms with Crippen LogP contribution in [0.15, 0.2) is 55.1 Å². The fourth-order valence-corrected chi connectivity index (χ4v) is 4.09. The third-order valence-corrected chi connectivity index (χ3v) is 5.80. The maximum atomic E-state index is 12.8. The second-order valence-corrected chi connectivity index (χ2v) is 8.58. The van der Waals surface area contributed by atoms with Crippen molar-refractivity contribution in [1.29, 1.82) is 0 Å². The molecule has 0 spiro atoms. The predicted molar refractivity (Wildman–Crippen MR) is 125 cm³/mol. The normalized spacial score (nSPS) is 13.5. The largest absolute Gasteiger partial charge is 0.377 e. The Kier molecular flexibility index (Phi) is 6.51. The Hall–Kier alpha value is -3.25. The first-order chi connectivity index (χ1) is 15.4. The van der Waals surface area contributed by atoms with Crippen molar-refractivity contribution in [3.8, 4) is 0 Å². The highest BCUT2D eigenvalue weighted by Gasteiger charge is 2.31. The number of carbonyl (C=O) groups excluding carboxylic acids is 2. The zero-order valence-corrected chi connectivity index (χ0v) is 18.9. The average molecular weight is 449 g/mol. The minimum absolute atomic E-state index is 0.00795. The van der Waals surface area contributed by atoms with Crippen molar-refractivity contribution in [2.45, 2.75) is 32.7 Å². The zero-order chi connectivity index (χ0) is 22.7. The van der Waals surface area contributed by atoms with E-state index < -0.39 is 0 Å². The van der Waals surface area contributed by atoms with Gasteiger partial charge in [0.05, 0.1) is 17.3 Å². The van der Waals surface area contributed by atoms with Gasteiger partial charge in [-0.3, -0.25) is 19.6 Å². The highest BCUT2D eigenvalue weighted by atomic mass is 35.5. The van der Waals surface area contributed by atoms with E-state index in [1.165, 1.54) is 0 Å². The molecular formula is C25H25ClN4O2. The van der Waals surface area contributed by atoms with Crippen LogP contribution in [0.5, 0.6) is 0 Å². The van der Waals surface area contributed by atoms with E-state index >= 15 is 0 Å². The highest BCUT2D eigenvalue weighted by Crippen LogP contribution is 2.21. The maximum Gasteiger partial charge on any atom is 0.255 e. The van der Waals surface area contributed by atoms with Gasteiger partial charge in [0.1, 0.15) is 0 Å². The number of amides is 1. The molecule has 4 rings (SSSR count). The van der Waals surface area contributed by atoms with Crippen LogP contribution in [0.1, 0.15) is 44.3 Å². The predicted octanol–water partition coefficient (Wildman–Crippen LogP) is 4.36. The number of benzene rings is 1. The number of aryl methyl sites for hydroxylation is 2. The van der Waals surface area contributed by atoms with Gasteiger partial charge in [0.25, 0.3) is 5.91 Å². The van der Waals surface area contributed by atoms with E-state index in [0.717, 1.165) is 28.8 Å². The number of ketones is 1. The van der Waals surface area contributed by atoms with Crippen molar-refractivity contribution >= 4 is 29.0 Å². The molecule has 0 bridgehead atoms. The Morgan fingerprint density at radius 2 is 1.88 bits per heavy atom. The number of nitrogens with zero attached hydrogens (tertiary/aromatic N) is 3. The van der Waals surface area contributed by atoms with E-state index in [9.17, 15) is 9.59 Å². The number of anilines is 1. The Morgan fingerprint density at radius 3 is 2.62 bits per heavy atom. The molecule has 0 aliphatic carbocycles. The molecule has 1 aliphatic heterocycles. The van der Waals surface area contributed by atoms with Crippen LogP contribution in [0, 0.1) is 6.92 Å². The molecular weight excluding hydrogens is 424 g/mol. The van der Waals surface area contributed by atoms with Crippen molar-refractivity contribution in [2.24, 2.45) is 0 Å². The van der Waals surface area contributed by atoms with Gasteiger partial charge >= 0.3 is 0 Å². The first kappa shape index (κ1) is 22.0. The molecule has 7 heteroatoms. The van der Waals surface area contributed by atoms with Crippen molar-refractivity contribution in [1.82, 2.24) is 14.9 Å². The van der Waals surface area contributed by atoms with Crippen LogP contribution in [0.2, 0.25) is 5.02 Å². The Bertz CT molecular complexity index is 1160. The number of carbonyl (C=O) groups is 2. The fraction of sp³-hybridized carbons (Fsp3) is 0.280. The van der Waals surface area contributed by atoms with Gasteiger partial charge < -0.3 is 10.2 Å². The first-order valence-electron chi connectivity index (χ1n) is 10.7. The van der Waals surface area contributed by atoms with E-state index in [4.69, 9.17) is 11.6 Å². The third kappa shape index (κ3) is 4.97. The number of pyridine rings is 2. The molecule has 0 atom stereocenters. The van der Waals surface area contributed by atoms with Gasteiger partial charge in [0.15, 0.2) is 5.78 Å². The van der Waals surface area contributed by atoms with E-state index in [1.54, 1.807) is 41.8 Å². The zero-order valence-electron chi connectivity index (χ0n) is 18.1. The van der Waals surface area contributed by atoms with Gasteiger partial charge in [-0.05, 0) is 60.4 Å². The summed E-state index contributed by atoms with van der Waals surface area (Å²) >= 11 is 6.06. The van der Waals surface area contributed by atoms with Crippen molar-refractivity contribution in [2.75, 3.05) is 18.4 Å². The van der Waals surface area contributed by atoms with Gasteiger partial charge in [-0.25, -0.2) is 0 Å². The molecule has 1 amide bonds. The molecule has 1 fully saturated rings. The van der Waals surface area contributed by atoms with E-state index in [2.05, 4.69) is 15.3 Å². The number of hydrogen-bond donors (Lipinski definition) is 1. The number of halogens is 1. The van der Waals surface area contributed by atoms with Gasteiger partial charge in [0, 0.05) is 54.9 Å². The quantitative estimate of drug-likeness (QED) is 0.543. The van der Waals surface area contributed by atoms with Crippen LogP contribution in [0.4, 0.5) is 5.69 Å². The lowest BCUT2D eigenvalue weighted by Crippen LogP contribution is -2.57. The molecule has 0 unspecified atom stereocenters. The standard InChI is InChI=1S/C25H25ClN4O2/c1-3-18-9-20(26)4-5-23(18)24(31)8-17-7-21(13-28-11-17)29-22-14-30(15-22)25(32)19-6-16(2)10-27-12-19/h4-7,9-13,22,29H,3,8,14-15H2,1-2H3. The number of nitrogens with one attached hydrogen (secondary N) is 1. The summed E-state index contributed by atoms with van der Waals surface area (Å²) in [5, 5.41) is 4.05. The molecule has 32 heavy (non-hydrogen) atoms.